The Morgan fingerprint density at radius 3 is 2.76 bits per heavy atom. The first-order valence-electron chi connectivity index (χ1n) is 5.48. The Labute approximate surface area is 99.7 Å². The first-order valence-corrected chi connectivity index (χ1v) is 5.48. The van der Waals surface area contributed by atoms with Gasteiger partial charge in [0.05, 0.1) is 0 Å². The van der Waals surface area contributed by atoms with Crippen LogP contribution >= 0.6 is 0 Å². The van der Waals surface area contributed by atoms with Crippen LogP contribution in [0.4, 0.5) is 0 Å². The van der Waals surface area contributed by atoms with E-state index < -0.39 is 0 Å². The second-order valence-electron chi connectivity index (χ2n) is 3.77. The van der Waals surface area contributed by atoms with Gasteiger partial charge >= 0.3 is 0 Å². The molecule has 0 atom stereocenters. The van der Waals surface area contributed by atoms with Gasteiger partial charge in [0.2, 0.25) is 5.96 Å². The Hall–Kier alpha value is -2.07. The number of benzene rings is 2. The van der Waals surface area contributed by atoms with Gasteiger partial charge in [0, 0.05) is 6.54 Å². The molecule has 0 aliphatic rings. The molecule has 2 rings (SSSR count). The van der Waals surface area contributed by atoms with Gasteiger partial charge in [-0.15, -0.1) is 0 Å². The summed E-state index contributed by atoms with van der Waals surface area (Å²) in [5, 5.41) is 11.0. The summed E-state index contributed by atoms with van der Waals surface area (Å²) in [7, 11) is 0. The van der Waals surface area contributed by atoms with Crippen LogP contribution in [0.5, 0.6) is 0 Å². The Bertz CT molecular complexity index is 532. The van der Waals surface area contributed by atoms with Crippen LogP contribution in [0.25, 0.3) is 10.8 Å². The van der Waals surface area contributed by atoms with Crippen molar-refractivity contribution in [2.45, 2.75) is 6.42 Å². The molecule has 4 N–H and O–H groups in total. The molecule has 17 heavy (non-hydrogen) atoms. The van der Waals surface area contributed by atoms with Crippen LogP contribution in [0, 0.1) is 0 Å². The Morgan fingerprint density at radius 2 is 1.94 bits per heavy atom. The SMILES string of the molecule is NC(=NCCc1cccc2ccccc12)NO. The average molecular weight is 229 g/mol. The summed E-state index contributed by atoms with van der Waals surface area (Å²) in [6, 6.07) is 14.5. The summed E-state index contributed by atoms with van der Waals surface area (Å²) in [6.45, 7) is 0.549. The molecule has 0 aromatic heterocycles. The van der Waals surface area contributed by atoms with E-state index in [0.29, 0.717) is 6.54 Å². The topological polar surface area (TPSA) is 70.6 Å². The maximum Gasteiger partial charge on any atom is 0.212 e. The van der Waals surface area contributed by atoms with E-state index >= 15 is 0 Å². The zero-order chi connectivity index (χ0) is 12.1. The van der Waals surface area contributed by atoms with Crippen molar-refractivity contribution >= 4 is 16.7 Å². The zero-order valence-corrected chi connectivity index (χ0v) is 9.43. The van der Waals surface area contributed by atoms with Gasteiger partial charge < -0.3 is 5.73 Å². The van der Waals surface area contributed by atoms with Gasteiger partial charge in [-0.25, -0.2) is 5.48 Å². The second-order valence-corrected chi connectivity index (χ2v) is 3.77. The summed E-state index contributed by atoms with van der Waals surface area (Å²) < 4.78 is 0. The van der Waals surface area contributed by atoms with Crippen molar-refractivity contribution in [2.24, 2.45) is 10.7 Å². The number of hydrogen-bond acceptors (Lipinski definition) is 2. The van der Waals surface area contributed by atoms with Crippen LogP contribution in [0.15, 0.2) is 47.5 Å². The molecule has 0 saturated carbocycles. The number of hydroxylamine groups is 1. The fourth-order valence-electron chi connectivity index (χ4n) is 1.84. The van der Waals surface area contributed by atoms with Crippen molar-refractivity contribution in [2.75, 3.05) is 6.54 Å². The number of nitrogens with two attached hydrogens (primary N) is 1. The van der Waals surface area contributed by atoms with E-state index in [1.807, 2.05) is 23.7 Å². The van der Waals surface area contributed by atoms with Crippen molar-refractivity contribution in [3.63, 3.8) is 0 Å². The molecule has 88 valence electrons. The van der Waals surface area contributed by atoms with Crippen molar-refractivity contribution in [1.82, 2.24) is 5.48 Å². The molecule has 0 fully saturated rings. The molecule has 4 nitrogen and oxygen atoms in total. The van der Waals surface area contributed by atoms with Crippen molar-refractivity contribution in [1.29, 1.82) is 0 Å². The number of fused-ring (bicyclic) bond motifs is 1. The maximum absolute atomic E-state index is 8.50. The third kappa shape index (κ3) is 2.73. The van der Waals surface area contributed by atoms with E-state index in [2.05, 4.69) is 29.3 Å². The van der Waals surface area contributed by atoms with Crippen molar-refractivity contribution < 1.29 is 5.21 Å². The number of aliphatic imine (C=N–C) groups is 1. The lowest BCUT2D eigenvalue weighted by Crippen LogP contribution is -2.28. The maximum atomic E-state index is 8.50. The molecular weight excluding hydrogens is 214 g/mol. The molecule has 0 spiro atoms. The summed E-state index contributed by atoms with van der Waals surface area (Å²) in [6.07, 6.45) is 0.795. The summed E-state index contributed by atoms with van der Waals surface area (Å²) >= 11 is 0. The predicted octanol–water partition coefficient (Wildman–Crippen LogP) is 1.68. The van der Waals surface area contributed by atoms with E-state index in [0.717, 1.165) is 6.42 Å². The summed E-state index contributed by atoms with van der Waals surface area (Å²) in [5.41, 5.74) is 8.39. The minimum Gasteiger partial charge on any atom is -0.368 e. The van der Waals surface area contributed by atoms with Crippen LogP contribution in [0.3, 0.4) is 0 Å². The number of nitrogens with one attached hydrogen (secondary N) is 1. The fraction of sp³-hybridized carbons (Fsp3) is 0.154. The quantitative estimate of drug-likeness (QED) is 0.426. The highest BCUT2D eigenvalue weighted by molar-refractivity contribution is 5.85. The smallest absolute Gasteiger partial charge is 0.212 e. The number of hydrogen-bond donors (Lipinski definition) is 3. The molecule has 0 aliphatic carbocycles. The molecule has 0 amide bonds. The number of rotatable bonds is 3. The highest BCUT2D eigenvalue weighted by atomic mass is 16.5. The molecule has 4 heteroatoms. The van der Waals surface area contributed by atoms with E-state index in [1.165, 1.54) is 16.3 Å². The summed E-state index contributed by atoms with van der Waals surface area (Å²) in [4.78, 5) is 3.98. The average Bonchev–Trinajstić information content (AvgIpc) is 2.39. The van der Waals surface area contributed by atoms with Gasteiger partial charge in [-0.2, -0.15) is 0 Å². The lowest BCUT2D eigenvalue weighted by molar-refractivity contribution is 0.232. The fourth-order valence-corrected chi connectivity index (χ4v) is 1.84. The van der Waals surface area contributed by atoms with Gasteiger partial charge in [-0.3, -0.25) is 10.2 Å². The van der Waals surface area contributed by atoms with Gasteiger partial charge in [-0.1, -0.05) is 42.5 Å². The number of nitrogens with zero attached hydrogens (tertiary/aromatic N) is 1. The normalized spacial score (nSPS) is 11.7. The second kappa shape index (κ2) is 5.32. The molecule has 0 bridgehead atoms. The van der Waals surface area contributed by atoms with E-state index in [4.69, 9.17) is 10.9 Å². The predicted molar refractivity (Wildman–Crippen MR) is 69.1 cm³/mol. The van der Waals surface area contributed by atoms with Gasteiger partial charge in [0.15, 0.2) is 0 Å². The largest absolute Gasteiger partial charge is 0.368 e. The molecule has 0 heterocycles. The highest BCUT2D eigenvalue weighted by Gasteiger charge is 1.99. The first-order chi connectivity index (χ1) is 8.31. The van der Waals surface area contributed by atoms with Crippen LogP contribution < -0.4 is 11.2 Å². The molecule has 0 radical (unpaired) electrons. The lowest BCUT2D eigenvalue weighted by atomic mass is 10.0. The minimum absolute atomic E-state index is 0.0465. The molecule has 0 saturated heterocycles. The molecule has 0 unspecified atom stereocenters. The third-order valence-corrected chi connectivity index (χ3v) is 2.66. The minimum atomic E-state index is 0.0465. The Morgan fingerprint density at radius 1 is 1.18 bits per heavy atom. The third-order valence-electron chi connectivity index (χ3n) is 2.66. The number of guanidine groups is 1. The highest BCUT2D eigenvalue weighted by Crippen LogP contribution is 2.18. The Balaban J connectivity index is 2.19. The van der Waals surface area contributed by atoms with Crippen LogP contribution in [-0.4, -0.2) is 17.7 Å². The lowest BCUT2D eigenvalue weighted by Gasteiger charge is -2.05. The summed E-state index contributed by atoms with van der Waals surface area (Å²) in [5.74, 6) is 0.0465. The van der Waals surface area contributed by atoms with Crippen LogP contribution in [0.2, 0.25) is 0 Å². The van der Waals surface area contributed by atoms with Crippen LogP contribution in [-0.2, 0) is 6.42 Å². The standard InChI is InChI=1S/C13H15N3O/c14-13(16-17)15-9-8-11-6-3-5-10-4-1-2-7-12(10)11/h1-7,17H,8-9H2,(H3,14,15,16). The van der Waals surface area contributed by atoms with Gasteiger partial charge in [0.1, 0.15) is 0 Å². The van der Waals surface area contributed by atoms with Crippen molar-refractivity contribution in [3.05, 3.63) is 48.0 Å². The molecule has 2 aromatic carbocycles. The van der Waals surface area contributed by atoms with E-state index in [-0.39, 0.29) is 5.96 Å². The Kier molecular flexibility index (Phi) is 3.57. The monoisotopic (exact) mass is 229 g/mol. The van der Waals surface area contributed by atoms with Crippen LogP contribution in [0.1, 0.15) is 5.56 Å². The molecular formula is C13H15N3O. The van der Waals surface area contributed by atoms with E-state index in [9.17, 15) is 0 Å². The first kappa shape index (κ1) is 11.4. The van der Waals surface area contributed by atoms with Gasteiger partial charge in [-0.05, 0) is 22.8 Å². The van der Waals surface area contributed by atoms with E-state index in [1.54, 1.807) is 0 Å². The zero-order valence-electron chi connectivity index (χ0n) is 9.43. The van der Waals surface area contributed by atoms with Crippen molar-refractivity contribution in [3.8, 4) is 0 Å². The molecule has 0 aliphatic heterocycles. The van der Waals surface area contributed by atoms with Gasteiger partial charge in [0.25, 0.3) is 0 Å². The molecule has 2 aromatic rings.